The summed E-state index contributed by atoms with van der Waals surface area (Å²) in [5, 5.41) is 11.5. The van der Waals surface area contributed by atoms with Gasteiger partial charge in [-0.15, -0.1) is 0 Å². The summed E-state index contributed by atoms with van der Waals surface area (Å²) in [6, 6.07) is 2.21. The van der Waals surface area contributed by atoms with Crippen LogP contribution in [0.2, 0.25) is 18.1 Å². The van der Waals surface area contributed by atoms with Crippen molar-refractivity contribution in [1.82, 2.24) is 9.97 Å². The van der Waals surface area contributed by atoms with E-state index in [9.17, 15) is 18.3 Å². The van der Waals surface area contributed by atoms with Gasteiger partial charge in [-0.05, 0) is 71.0 Å². The molecular formula is C27H38F3IN2O2Si. The van der Waals surface area contributed by atoms with E-state index >= 15 is 0 Å². The lowest BCUT2D eigenvalue weighted by atomic mass is 9.74. The molecule has 9 heteroatoms. The normalized spacial score (nSPS) is 19.4. The zero-order valence-electron chi connectivity index (χ0n) is 22.6. The molecule has 4 nitrogen and oxygen atoms in total. The van der Waals surface area contributed by atoms with Crippen molar-refractivity contribution >= 4 is 30.9 Å². The van der Waals surface area contributed by atoms with Crippen molar-refractivity contribution in [1.29, 1.82) is 0 Å². The van der Waals surface area contributed by atoms with Crippen molar-refractivity contribution in [2.75, 3.05) is 0 Å². The zero-order chi connectivity index (χ0) is 27.4. The number of aliphatic hydroxyl groups is 1. The summed E-state index contributed by atoms with van der Waals surface area (Å²) in [5.74, 6) is 0.0145. The Labute approximate surface area is 227 Å². The Hall–Kier alpha value is -1.04. The standard InChI is InChI=1S/C27H38F3IN2O2Si/c1-15(2)23-21(24(34)16-10-11-19(32-14-16)27(28,29)30)22(31)20-17(33-23)12-26(6,7)13-18(20)35-36(8,9)25(3,4)5/h10-11,14-15,18,24,34H,12-13H2,1-9H3. The summed E-state index contributed by atoms with van der Waals surface area (Å²) < 4.78 is 47.0. The molecule has 1 N–H and O–H groups in total. The molecule has 2 unspecified atom stereocenters. The van der Waals surface area contributed by atoms with Crippen LogP contribution in [0.25, 0.3) is 0 Å². The highest BCUT2D eigenvalue weighted by molar-refractivity contribution is 14.1. The minimum atomic E-state index is -4.53. The van der Waals surface area contributed by atoms with Crippen molar-refractivity contribution in [2.24, 2.45) is 5.41 Å². The number of rotatable bonds is 5. The molecule has 200 valence electrons. The van der Waals surface area contributed by atoms with Gasteiger partial charge in [0.2, 0.25) is 0 Å². The third-order valence-electron chi connectivity index (χ3n) is 7.48. The van der Waals surface area contributed by atoms with Crippen LogP contribution < -0.4 is 0 Å². The quantitative estimate of drug-likeness (QED) is 0.266. The van der Waals surface area contributed by atoms with Crippen LogP contribution in [0.1, 0.15) is 107 Å². The van der Waals surface area contributed by atoms with Crippen molar-refractivity contribution in [3.8, 4) is 0 Å². The number of hydrogen-bond donors (Lipinski definition) is 1. The van der Waals surface area contributed by atoms with Gasteiger partial charge < -0.3 is 9.53 Å². The molecule has 0 aliphatic heterocycles. The minimum absolute atomic E-state index is 0.00182. The van der Waals surface area contributed by atoms with Crippen LogP contribution in [-0.4, -0.2) is 23.4 Å². The first-order chi connectivity index (χ1) is 16.2. The van der Waals surface area contributed by atoms with Crippen molar-refractivity contribution < 1.29 is 22.7 Å². The summed E-state index contributed by atoms with van der Waals surface area (Å²) in [6.45, 7) is 19.6. The van der Waals surface area contributed by atoms with Gasteiger partial charge in [-0.2, -0.15) is 13.2 Å². The van der Waals surface area contributed by atoms with E-state index < -0.39 is 26.3 Å². The van der Waals surface area contributed by atoms with Gasteiger partial charge in [-0.3, -0.25) is 9.97 Å². The fourth-order valence-electron chi connectivity index (χ4n) is 4.48. The van der Waals surface area contributed by atoms with Gasteiger partial charge in [0, 0.05) is 32.2 Å². The van der Waals surface area contributed by atoms with Crippen molar-refractivity contribution in [3.05, 3.63) is 55.7 Å². The average Bonchev–Trinajstić information content (AvgIpc) is 2.70. The number of pyridine rings is 2. The summed E-state index contributed by atoms with van der Waals surface area (Å²) in [4.78, 5) is 8.66. The molecule has 0 saturated heterocycles. The molecule has 0 radical (unpaired) electrons. The first-order valence-corrected chi connectivity index (χ1v) is 16.3. The van der Waals surface area contributed by atoms with E-state index in [1.54, 1.807) is 0 Å². The smallest absolute Gasteiger partial charge is 0.410 e. The topological polar surface area (TPSA) is 55.2 Å². The Morgan fingerprint density at radius 2 is 1.78 bits per heavy atom. The van der Waals surface area contributed by atoms with Gasteiger partial charge in [0.05, 0.1) is 11.8 Å². The second-order valence-electron chi connectivity index (χ2n) is 12.5. The predicted molar refractivity (Wildman–Crippen MR) is 147 cm³/mol. The Balaban J connectivity index is 2.18. The first kappa shape index (κ1) is 29.5. The van der Waals surface area contributed by atoms with Gasteiger partial charge in [-0.25, -0.2) is 0 Å². The van der Waals surface area contributed by atoms with Crippen LogP contribution in [0.3, 0.4) is 0 Å². The van der Waals surface area contributed by atoms with E-state index in [1.807, 2.05) is 13.8 Å². The van der Waals surface area contributed by atoms with Crippen LogP contribution in [0.15, 0.2) is 18.3 Å². The maximum atomic E-state index is 13.0. The molecule has 0 saturated carbocycles. The summed E-state index contributed by atoms with van der Waals surface area (Å²) in [7, 11) is -2.12. The Morgan fingerprint density at radius 3 is 2.25 bits per heavy atom. The molecular weight excluding hydrogens is 596 g/mol. The van der Waals surface area contributed by atoms with Crippen LogP contribution in [0, 0.1) is 8.99 Å². The zero-order valence-corrected chi connectivity index (χ0v) is 25.8. The molecule has 3 rings (SSSR count). The first-order valence-electron chi connectivity index (χ1n) is 12.4. The third kappa shape index (κ3) is 5.99. The predicted octanol–water partition coefficient (Wildman–Crippen LogP) is 8.34. The molecule has 2 aromatic rings. The van der Waals surface area contributed by atoms with Crippen LogP contribution in [0.5, 0.6) is 0 Å². The molecule has 0 fully saturated rings. The maximum Gasteiger partial charge on any atom is 0.433 e. The van der Waals surface area contributed by atoms with Gasteiger partial charge in [0.1, 0.15) is 11.8 Å². The summed E-state index contributed by atoms with van der Waals surface area (Å²) in [5.41, 5.74) is 2.72. The van der Waals surface area contributed by atoms with Crippen LogP contribution >= 0.6 is 22.6 Å². The molecule has 0 spiro atoms. The maximum absolute atomic E-state index is 13.0. The Morgan fingerprint density at radius 1 is 1.17 bits per heavy atom. The number of alkyl halides is 3. The largest absolute Gasteiger partial charge is 0.433 e. The van der Waals surface area contributed by atoms with E-state index in [2.05, 4.69) is 75.3 Å². The fraction of sp³-hybridized carbons (Fsp3) is 0.630. The number of nitrogens with zero attached hydrogens (tertiary/aromatic N) is 2. The second kappa shape index (κ2) is 9.93. The monoisotopic (exact) mass is 634 g/mol. The molecule has 0 bridgehead atoms. The molecule has 0 aromatic carbocycles. The lowest BCUT2D eigenvalue weighted by molar-refractivity contribution is -0.141. The molecule has 2 heterocycles. The lowest BCUT2D eigenvalue weighted by Gasteiger charge is -2.44. The second-order valence-corrected chi connectivity index (χ2v) is 18.4. The molecule has 1 aliphatic rings. The third-order valence-corrected chi connectivity index (χ3v) is 13.1. The molecule has 2 aromatic heterocycles. The van der Waals surface area contributed by atoms with Crippen molar-refractivity contribution in [2.45, 2.75) is 104 Å². The molecule has 36 heavy (non-hydrogen) atoms. The highest BCUT2D eigenvalue weighted by Crippen LogP contribution is 2.50. The number of aromatic nitrogens is 2. The van der Waals surface area contributed by atoms with Gasteiger partial charge in [0.25, 0.3) is 0 Å². The van der Waals surface area contributed by atoms with Crippen LogP contribution in [-0.2, 0) is 17.0 Å². The molecule has 2 atom stereocenters. The number of aliphatic hydroxyl groups excluding tert-OH is 1. The highest BCUT2D eigenvalue weighted by Gasteiger charge is 2.44. The van der Waals surface area contributed by atoms with Gasteiger partial charge in [-0.1, -0.05) is 54.5 Å². The van der Waals surface area contributed by atoms with E-state index in [0.29, 0.717) is 11.1 Å². The fourth-order valence-corrected chi connectivity index (χ4v) is 6.97. The molecule has 0 amide bonds. The summed E-state index contributed by atoms with van der Waals surface area (Å²) >= 11 is 2.28. The Bertz CT molecular complexity index is 1110. The lowest BCUT2D eigenvalue weighted by Crippen LogP contribution is -2.44. The number of hydrogen-bond acceptors (Lipinski definition) is 4. The van der Waals surface area contributed by atoms with Gasteiger partial charge in [0.15, 0.2) is 8.32 Å². The summed E-state index contributed by atoms with van der Waals surface area (Å²) in [6.07, 6.45) is -3.10. The van der Waals surface area contributed by atoms with E-state index in [4.69, 9.17) is 9.41 Å². The minimum Gasteiger partial charge on any atom is -0.410 e. The Kier molecular flexibility index (Phi) is 8.14. The van der Waals surface area contributed by atoms with Crippen LogP contribution in [0.4, 0.5) is 13.2 Å². The van der Waals surface area contributed by atoms with E-state index in [0.717, 1.165) is 45.6 Å². The number of halogens is 4. The average molecular weight is 635 g/mol. The van der Waals surface area contributed by atoms with E-state index in [1.165, 1.54) is 6.07 Å². The highest BCUT2D eigenvalue weighted by atomic mass is 127. The SMILES string of the molecule is CC(C)c1nc2c(c(I)c1C(O)c1ccc(C(F)(F)F)nc1)C(O[Si](C)(C)C(C)(C)C)CC(C)(C)C2. The van der Waals surface area contributed by atoms with E-state index in [-0.39, 0.29) is 22.5 Å². The number of fused-ring (bicyclic) bond motifs is 1. The van der Waals surface area contributed by atoms with Crippen molar-refractivity contribution in [3.63, 3.8) is 0 Å². The molecule has 1 aliphatic carbocycles. The van der Waals surface area contributed by atoms with Gasteiger partial charge >= 0.3 is 6.18 Å².